The van der Waals surface area contributed by atoms with Crippen LogP contribution >= 0.6 is 0 Å². The van der Waals surface area contributed by atoms with Crippen LogP contribution in [-0.2, 0) is 24.3 Å². The Bertz CT molecular complexity index is 646. The van der Waals surface area contributed by atoms with E-state index in [4.69, 9.17) is 0 Å². The van der Waals surface area contributed by atoms with E-state index in [1.165, 1.54) is 5.56 Å². The van der Waals surface area contributed by atoms with Crippen molar-refractivity contribution in [2.45, 2.75) is 38.5 Å². The first-order chi connectivity index (χ1) is 11.7. The Hall–Kier alpha value is -2.11. The monoisotopic (exact) mass is 327 g/mol. The first-order valence-electron chi connectivity index (χ1n) is 8.57. The van der Waals surface area contributed by atoms with Gasteiger partial charge in [0.2, 0.25) is 5.91 Å². The third kappa shape index (κ3) is 4.69. The fourth-order valence-corrected chi connectivity index (χ4v) is 3.11. The van der Waals surface area contributed by atoms with Gasteiger partial charge in [0.1, 0.15) is 0 Å². The van der Waals surface area contributed by atoms with Crippen molar-refractivity contribution in [1.29, 1.82) is 0 Å². The van der Waals surface area contributed by atoms with E-state index in [1.807, 2.05) is 30.5 Å². The molecule has 3 rings (SSSR count). The Kier molecular flexibility index (Phi) is 5.67. The van der Waals surface area contributed by atoms with Crippen LogP contribution in [0.2, 0.25) is 0 Å². The molecule has 128 valence electrons. The van der Waals surface area contributed by atoms with Crippen LogP contribution in [0.5, 0.6) is 0 Å². The van der Waals surface area contributed by atoms with Gasteiger partial charge < -0.3 is 15.4 Å². The van der Waals surface area contributed by atoms with Crippen LogP contribution in [0.1, 0.15) is 29.7 Å². The first-order valence-corrected chi connectivity index (χ1v) is 8.57. The number of benzene rings is 1. The van der Waals surface area contributed by atoms with Crippen molar-refractivity contribution in [3.05, 3.63) is 59.4 Å². The predicted molar refractivity (Wildman–Crippen MR) is 93.3 cm³/mol. The minimum Gasteiger partial charge on any atom is -0.393 e. The number of hydrogen-bond acceptors (Lipinski definition) is 3. The van der Waals surface area contributed by atoms with Gasteiger partial charge in [-0.3, -0.25) is 9.69 Å². The molecular formula is C19H25N3O2. The van der Waals surface area contributed by atoms with E-state index >= 15 is 0 Å². The number of aliphatic hydroxyl groups excluding tert-OH is 1. The van der Waals surface area contributed by atoms with Crippen LogP contribution in [0, 0.1) is 0 Å². The van der Waals surface area contributed by atoms with Crippen LogP contribution in [0.4, 0.5) is 0 Å². The van der Waals surface area contributed by atoms with Crippen molar-refractivity contribution in [3.8, 4) is 0 Å². The zero-order valence-electron chi connectivity index (χ0n) is 13.9. The van der Waals surface area contributed by atoms with E-state index in [-0.39, 0.29) is 12.0 Å². The molecule has 2 aromatic rings. The smallest absolute Gasteiger partial charge is 0.226 e. The lowest BCUT2D eigenvalue weighted by Crippen LogP contribution is -2.35. The van der Waals surface area contributed by atoms with Crippen LogP contribution in [0.15, 0.2) is 42.6 Å². The number of aliphatic hydroxyl groups is 1. The Balaban J connectivity index is 1.54. The molecule has 1 aliphatic heterocycles. The Morgan fingerprint density at radius 3 is 2.62 bits per heavy atom. The molecule has 1 fully saturated rings. The molecule has 0 spiro atoms. The van der Waals surface area contributed by atoms with Crippen molar-refractivity contribution in [1.82, 2.24) is 15.2 Å². The lowest BCUT2D eigenvalue weighted by Gasteiger charge is -2.30. The lowest BCUT2D eigenvalue weighted by atomic mass is 10.0. The molecule has 1 aliphatic rings. The highest BCUT2D eigenvalue weighted by Crippen LogP contribution is 2.16. The zero-order chi connectivity index (χ0) is 16.8. The SMILES string of the molecule is O=C(Cc1ccc[nH]1)NCc1ccccc1CN1CCC(O)CC1. The van der Waals surface area contributed by atoms with Gasteiger partial charge in [-0.05, 0) is 36.1 Å². The molecule has 0 saturated carbocycles. The molecule has 0 bridgehead atoms. The van der Waals surface area contributed by atoms with Gasteiger partial charge in [0.25, 0.3) is 0 Å². The number of nitrogens with zero attached hydrogens (tertiary/aromatic N) is 1. The van der Waals surface area contributed by atoms with E-state index in [2.05, 4.69) is 27.3 Å². The van der Waals surface area contributed by atoms with Crippen molar-refractivity contribution >= 4 is 5.91 Å². The molecule has 1 amide bonds. The summed E-state index contributed by atoms with van der Waals surface area (Å²) in [6, 6.07) is 12.1. The number of aromatic nitrogens is 1. The second-order valence-electron chi connectivity index (χ2n) is 6.42. The van der Waals surface area contributed by atoms with Gasteiger partial charge in [0.15, 0.2) is 0 Å². The van der Waals surface area contributed by atoms with Gasteiger partial charge in [0, 0.05) is 38.1 Å². The third-order valence-electron chi connectivity index (χ3n) is 4.56. The molecule has 0 radical (unpaired) electrons. The zero-order valence-corrected chi connectivity index (χ0v) is 13.9. The average Bonchev–Trinajstić information content (AvgIpc) is 3.09. The normalized spacial score (nSPS) is 16.2. The molecule has 3 N–H and O–H groups in total. The number of hydrogen-bond donors (Lipinski definition) is 3. The highest BCUT2D eigenvalue weighted by atomic mass is 16.3. The fourth-order valence-electron chi connectivity index (χ4n) is 3.11. The molecule has 24 heavy (non-hydrogen) atoms. The number of piperidine rings is 1. The first kappa shape index (κ1) is 16.7. The highest BCUT2D eigenvalue weighted by molar-refractivity contribution is 5.78. The molecule has 0 atom stereocenters. The summed E-state index contributed by atoms with van der Waals surface area (Å²) in [5.41, 5.74) is 3.32. The quantitative estimate of drug-likeness (QED) is 0.758. The maximum atomic E-state index is 12.1. The molecule has 1 aromatic carbocycles. The number of likely N-dealkylation sites (tertiary alicyclic amines) is 1. The van der Waals surface area contributed by atoms with Gasteiger partial charge in [0.05, 0.1) is 12.5 Å². The molecule has 0 aliphatic carbocycles. The number of amides is 1. The molecule has 5 heteroatoms. The van der Waals surface area contributed by atoms with Crippen molar-refractivity contribution < 1.29 is 9.90 Å². The topological polar surface area (TPSA) is 68.4 Å². The van der Waals surface area contributed by atoms with E-state index < -0.39 is 0 Å². The minimum absolute atomic E-state index is 0.0216. The van der Waals surface area contributed by atoms with Crippen molar-refractivity contribution in [2.75, 3.05) is 13.1 Å². The van der Waals surface area contributed by atoms with E-state index in [1.54, 1.807) is 0 Å². The largest absolute Gasteiger partial charge is 0.393 e. The molecule has 1 aromatic heterocycles. The Morgan fingerprint density at radius 1 is 1.17 bits per heavy atom. The van der Waals surface area contributed by atoms with Gasteiger partial charge >= 0.3 is 0 Å². The van der Waals surface area contributed by atoms with Crippen LogP contribution in [0.3, 0.4) is 0 Å². The number of rotatable bonds is 6. The van der Waals surface area contributed by atoms with Crippen molar-refractivity contribution in [2.24, 2.45) is 0 Å². The highest BCUT2D eigenvalue weighted by Gasteiger charge is 2.17. The predicted octanol–water partition coefficient (Wildman–Crippen LogP) is 1.83. The van der Waals surface area contributed by atoms with Gasteiger partial charge in [-0.25, -0.2) is 0 Å². The van der Waals surface area contributed by atoms with Gasteiger partial charge in [-0.1, -0.05) is 24.3 Å². The van der Waals surface area contributed by atoms with E-state index in [0.717, 1.165) is 43.7 Å². The summed E-state index contributed by atoms with van der Waals surface area (Å²) in [4.78, 5) is 17.5. The van der Waals surface area contributed by atoms with Crippen molar-refractivity contribution in [3.63, 3.8) is 0 Å². The summed E-state index contributed by atoms with van der Waals surface area (Å²) in [5.74, 6) is 0.0216. The van der Waals surface area contributed by atoms with E-state index in [0.29, 0.717) is 13.0 Å². The van der Waals surface area contributed by atoms with Gasteiger partial charge in [-0.15, -0.1) is 0 Å². The maximum absolute atomic E-state index is 12.1. The average molecular weight is 327 g/mol. The maximum Gasteiger partial charge on any atom is 0.226 e. The summed E-state index contributed by atoms with van der Waals surface area (Å²) in [6.07, 6.45) is 3.74. The summed E-state index contributed by atoms with van der Waals surface area (Å²) in [6.45, 7) is 3.27. The lowest BCUT2D eigenvalue weighted by molar-refractivity contribution is -0.120. The summed E-state index contributed by atoms with van der Waals surface area (Å²) < 4.78 is 0. The Labute approximate surface area is 142 Å². The number of carbonyl (C=O) groups is 1. The molecule has 2 heterocycles. The van der Waals surface area contributed by atoms with Crippen LogP contribution in [-0.4, -0.2) is 40.1 Å². The summed E-state index contributed by atoms with van der Waals surface area (Å²) in [5, 5.41) is 12.6. The van der Waals surface area contributed by atoms with Crippen LogP contribution < -0.4 is 5.32 Å². The van der Waals surface area contributed by atoms with Crippen LogP contribution in [0.25, 0.3) is 0 Å². The molecule has 0 unspecified atom stereocenters. The minimum atomic E-state index is -0.149. The molecule has 1 saturated heterocycles. The number of nitrogens with one attached hydrogen (secondary N) is 2. The van der Waals surface area contributed by atoms with Gasteiger partial charge in [-0.2, -0.15) is 0 Å². The second-order valence-corrected chi connectivity index (χ2v) is 6.42. The summed E-state index contributed by atoms with van der Waals surface area (Å²) >= 11 is 0. The standard InChI is InChI=1S/C19H25N3O2/c23-18-7-10-22(11-8-18)14-16-5-2-1-4-15(16)13-21-19(24)12-17-6-3-9-20-17/h1-6,9,18,20,23H,7-8,10-14H2,(H,21,24). The molecular weight excluding hydrogens is 302 g/mol. The number of aromatic amines is 1. The fraction of sp³-hybridized carbons (Fsp3) is 0.421. The second kappa shape index (κ2) is 8.13. The van der Waals surface area contributed by atoms with E-state index in [9.17, 15) is 9.90 Å². The summed E-state index contributed by atoms with van der Waals surface area (Å²) in [7, 11) is 0. The Morgan fingerprint density at radius 2 is 1.92 bits per heavy atom. The third-order valence-corrected chi connectivity index (χ3v) is 4.56. The number of H-pyrrole nitrogens is 1. The molecule has 5 nitrogen and oxygen atoms in total. The number of carbonyl (C=O) groups excluding carboxylic acids is 1.